The van der Waals surface area contributed by atoms with Gasteiger partial charge in [-0.15, -0.1) is 0 Å². The third-order valence-electron chi connectivity index (χ3n) is 7.00. The lowest BCUT2D eigenvalue weighted by Gasteiger charge is -2.42. The van der Waals surface area contributed by atoms with Crippen molar-refractivity contribution in [3.63, 3.8) is 0 Å². The fourth-order valence-corrected chi connectivity index (χ4v) is 4.99. The van der Waals surface area contributed by atoms with Crippen molar-refractivity contribution in [3.8, 4) is 11.1 Å². The number of methoxy groups -OCH3 is 1. The molecule has 1 saturated carbocycles. The van der Waals surface area contributed by atoms with E-state index < -0.39 is 5.54 Å². The molecule has 1 aliphatic carbocycles. The summed E-state index contributed by atoms with van der Waals surface area (Å²) in [7, 11) is 1.72. The predicted molar refractivity (Wildman–Crippen MR) is 121 cm³/mol. The lowest BCUT2D eigenvalue weighted by molar-refractivity contribution is -0.117. The van der Waals surface area contributed by atoms with E-state index in [4.69, 9.17) is 16.3 Å². The van der Waals surface area contributed by atoms with Crippen molar-refractivity contribution in [1.29, 1.82) is 0 Å². The lowest BCUT2D eigenvalue weighted by atomic mass is 9.73. The first-order valence-electron chi connectivity index (χ1n) is 10.4. The maximum absolute atomic E-state index is 13.1. The summed E-state index contributed by atoms with van der Waals surface area (Å²) in [6, 6.07) is 11.7. The normalized spacial score (nSPS) is 26.4. The number of rotatable bonds is 3. The largest absolute Gasteiger partial charge is 0.509 e. The number of ether oxygens (including phenoxy) is 1. The van der Waals surface area contributed by atoms with Gasteiger partial charge in [0.15, 0.2) is 0 Å². The molecule has 1 aliphatic heterocycles. The van der Waals surface area contributed by atoms with E-state index >= 15 is 0 Å². The first kappa shape index (κ1) is 21.0. The van der Waals surface area contributed by atoms with E-state index in [1.807, 2.05) is 44.2 Å². The van der Waals surface area contributed by atoms with Crippen LogP contribution in [0.25, 0.3) is 16.7 Å². The molecule has 0 atom stereocenters. The molecule has 1 spiro atoms. The van der Waals surface area contributed by atoms with Crippen LogP contribution in [0.1, 0.15) is 49.3 Å². The number of nitrogens with one attached hydrogen (secondary N) is 1. The molecule has 2 N–H and O–H groups in total. The van der Waals surface area contributed by atoms with Crippen molar-refractivity contribution in [1.82, 2.24) is 5.32 Å². The number of halogens is 1. The maximum atomic E-state index is 13.1. The van der Waals surface area contributed by atoms with Crippen LogP contribution in [0.4, 0.5) is 0 Å². The SMILES string of the molecule is CO[C@]1(C)CC[C@]2(CC1)NC(=O)C(c1c(C)ccc(-c3ccc(Cl)cc3)c1C)=C2O. The van der Waals surface area contributed by atoms with Crippen LogP contribution < -0.4 is 5.32 Å². The summed E-state index contributed by atoms with van der Waals surface area (Å²) < 4.78 is 5.65. The number of carbonyl (C=O) groups excluding carboxylic acids is 1. The smallest absolute Gasteiger partial charge is 0.256 e. The molecule has 1 fully saturated rings. The van der Waals surface area contributed by atoms with Crippen molar-refractivity contribution in [2.75, 3.05) is 7.11 Å². The maximum Gasteiger partial charge on any atom is 0.256 e. The Hall–Kier alpha value is -2.30. The molecular formula is C25H28ClNO3. The minimum Gasteiger partial charge on any atom is -0.509 e. The molecule has 1 amide bonds. The molecule has 5 heteroatoms. The second-order valence-corrected chi connectivity index (χ2v) is 9.29. The van der Waals surface area contributed by atoms with Gasteiger partial charge in [0, 0.05) is 12.1 Å². The standard InChI is InChI=1S/C25H28ClNO3/c1-15-5-10-19(17-6-8-18(26)9-7-17)16(2)20(15)21-22(28)25(27-23(21)29)13-11-24(3,30-4)12-14-25/h5-10,28H,11-14H2,1-4H3,(H,27,29)/t24-,25-. The molecule has 2 aromatic carbocycles. The Kier molecular flexibility index (Phi) is 5.19. The Morgan fingerprint density at radius 2 is 1.67 bits per heavy atom. The van der Waals surface area contributed by atoms with E-state index in [1.165, 1.54) is 0 Å². The van der Waals surface area contributed by atoms with Gasteiger partial charge in [-0.2, -0.15) is 0 Å². The average Bonchev–Trinajstić information content (AvgIpc) is 2.96. The minimum atomic E-state index is -0.695. The molecular weight excluding hydrogens is 398 g/mol. The molecule has 0 unspecified atom stereocenters. The monoisotopic (exact) mass is 425 g/mol. The van der Waals surface area contributed by atoms with Gasteiger partial charge < -0.3 is 15.2 Å². The number of carbonyl (C=O) groups is 1. The number of benzene rings is 2. The molecule has 4 rings (SSSR count). The van der Waals surface area contributed by atoms with Gasteiger partial charge in [-0.25, -0.2) is 0 Å². The summed E-state index contributed by atoms with van der Waals surface area (Å²) in [4.78, 5) is 13.1. The summed E-state index contributed by atoms with van der Waals surface area (Å²) in [5.74, 6) is -0.0296. The average molecular weight is 426 g/mol. The second-order valence-electron chi connectivity index (χ2n) is 8.85. The lowest BCUT2D eigenvalue weighted by Crippen LogP contribution is -2.51. The highest BCUT2D eigenvalue weighted by atomic mass is 35.5. The Morgan fingerprint density at radius 1 is 1.03 bits per heavy atom. The first-order chi connectivity index (χ1) is 14.2. The van der Waals surface area contributed by atoms with Crippen LogP contribution in [0.15, 0.2) is 42.2 Å². The minimum absolute atomic E-state index is 0.171. The fourth-order valence-electron chi connectivity index (χ4n) is 4.86. The number of amides is 1. The highest BCUT2D eigenvalue weighted by Gasteiger charge is 2.50. The van der Waals surface area contributed by atoms with E-state index in [0.29, 0.717) is 23.4 Å². The summed E-state index contributed by atoms with van der Waals surface area (Å²) in [5, 5.41) is 15.1. The number of hydrogen-bond donors (Lipinski definition) is 2. The van der Waals surface area contributed by atoms with Crippen LogP contribution in [0.3, 0.4) is 0 Å². The highest BCUT2D eigenvalue weighted by molar-refractivity contribution is 6.30. The third-order valence-corrected chi connectivity index (χ3v) is 7.25. The first-order valence-corrected chi connectivity index (χ1v) is 10.8. The molecule has 2 aromatic rings. The van der Waals surface area contributed by atoms with Crippen molar-refractivity contribution >= 4 is 23.1 Å². The fraction of sp³-hybridized carbons (Fsp3) is 0.400. The molecule has 158 valence electrons. The topological polar surface area (TPSA) is 58.6 Å². The van der Waals surface area contributed by atoms with Gasteiger partial charge in [0.25, 0.3) is 5.91 Å². The zero-order valence-corrected chi connectivity index (χ0v) is 18.7. The van der Waals surface area contributed by atoms with Gasteiger partial charge in [0.2, 0.25) is 0 Å². The van der Waals surface area contributed by atoms with Crippen molar-refractivity contribution < 1.29 is 14.6 Å². The van der Waals surface area contributed by atoms with Crippen molar-refractivity contribution in [3.05, 3.63) is 63.9 Å². The zero-order valence-electron chi connectivity index (χ0n) is 17.9. The molecule has 0 aromatic heterocycles. The summed E-state index contributed by atoms with van der Waals surface area (Å²) in [6.45, 7) is 6.07. The predicted octanol–water partition coefficient (Wildman–Crippen LogP) is 5.74. The third kappa shape index (κ3) is 3.32. The Balaban J connectivity index is 1.80. The molecule has 0 bridgehead atoms. The van der Waals surface area contributed by atoms with E-state index in [1.54, 1.807) is 7.11 Å². The summed E-state index contributed by atoms with van der Waals surface area (Å²) in [5.41, 5.74) is 4.31. The summed E-state index contributed by atoms with van der Waals surface area (Å²) >= 11 is 6.05. The van der Waals surface area contributed by atoms with Crippen molar-refractivity contribution in [2.24, 2.45) is 0 Å². The molecule has 0 radical (unpaired) electrons. The molecule has 4 nitrogen and oxygen atoms in total. The second kappa shape index (κ2) is 7.44. The van der Waals surface area contributed by atoms with Crippen LogP contribution in [0, 0.1) is 13.8 Å². The van der Waals surface area contributed by atoms with Crippen LogP contribution in [-0.2, 0) is 9.53 Å². The van der Waals surface area contributed by atoms with Gasteiger partial charge in [-0.1, -0.05) is 35.9 Å². The molecule has 0 saturated heterocycles. The van der Waals surface area contributed by atoms with Gasteiger partial charge in [-0.05, 0) is 86.4 Å². The number of aryl methyl sites for hydroxylation is 1. The van der Waals surface area contributed by atoms with Crippen LogP contribution in [-0.4, -0.2) is 29.3 Å². The number of aliphatic hydroxyl groups excluding tert-OH is 1. The van der Waals surface area contributed by atoms with Gasteiger partial charge in [0.05, 0.1) is 16.7 Å². The van der Waals surface area contributed by atoms with Gasteiger partial charge >= 0.3 is 0 Å². The zero-order chi connectivity index (χ0) is 21.7. The number of aliphatic hydroxyl groups is 1. The van der Waals surface area contributed by atoms with Crippen LogP contribution >= 0.6 is 11.6 Å². The van der Waals surface area contributed by atoms with E-state index in [0.717, 1.165) is 40.7 Å². The highest BCUT2D eigenvalue weighted by Crippen LogP contribution is 2.46. The molecule has 1 heterocycles. The quantitative estimate of drug-likeness (QED) is 0.659. The number of hydrogen-bond acceptors (Lipinski definition) is 3. The van der Waals surface area contributed by atoms with E-state index in [-0.39, 0.29) is 17.3 Å². The molecule has 30 heavy (non-hydrogen) atoms. The Labute approximate surface area is 182 Å². The molecule has 2 aliphatic rings. The Morgan fingerprint density at radius 3 is 2.27 bits per heavy atom. The summed E-state index contributed by atoms with van der Waals surface area (Å²) in [6.07, 6.45) is 2.88. The Bertz CT molecular complexity index is 1030. The van der Waals surface area contributed by atoms with E-state index in [9.17, 15) is 9.90 Å². The van der Waals surface area contributed by atoms with Gasteiger partial charge in [-0.3, -0.25) is 4.79 Å². The van der Waals surface area contributed by atoms with Crippen LogP contribution in [0.5, 0.6) is 0 Å². The van der Waals surface area contributed by atoms with Crippen molar-refractivity contribution in [2.45, 2.75) is 57.6 Å². The van der Waals surface area contributed by atoms with Gasteiger partial charge in [0.1, 0.15) is 5.76 Å². The van der Waals surface area contributed by atoms with E-state index in [2.05, 4.69) is 18.3 Å². The van der Waals surface area contributed by atoms with Crippen LogP contribution in [0.2, 0.25) is 5.02 Å².